The van der Waals surface area contributed by atoms with Gasteiger partial charge in [0, 0.05) is 34.3 Å². The number of nitrogens with one attached hydrogen (secondary N) is 2. The molecular weight excluding hydrogens is 443 g/mol. The minimum absolute atomic E-state index is 0.114. The summed E-state index contributed by atoms with van der Waals surface area (Å²) in [5.74, 6) is -0.227. The van der Waals surface area contributed by atoms with Crippen molar-refractivity contribution < 1.29 is 9.59 Å². The second-order valence-electron chi connectivity index (χ2n) is 5.62. The molecule has 1 heterocycles. The summed E-state index contributed by atoms with van der Waals surface area (Å²) in [7, 11) is 3.43. The predicted molar refractivity (Wildman–Crippen MR) is 118 cm³/mol. The molecule has 1 aliphatic rings. The van der Waals surface area contributed by atoms with Crippen LogP contribution in [-0.2, 0) is 0 Å². The van der Waals surface area contributed by atoms with Crippen LogP contribution in [0, 0.1) is 0 Å². The van der Waals surface area contributed by atoms with Crippen LogP contribution in [0.3, 0.4) is 0 Å². The number of halogens is 2. The molecule has 9 heteroatoms. The van der Waals surface area contributed by atoms with Crippen LogP contribution in [0.1, 0.15) is 20.7 Å². The number of amides is 2. The summed E-state index contributed by atoms with van der Waals surface area (Å²) in [6.07, 6.45) is 0. The van der Waals surface area contributed by atoms with Crippen molar-refractivity contribution in [2.24, 2.45) is 0 Å². The molecule has 142 valence electrons. The van der Waals surface area contributed by atoms with Crippen molar-refractivity contribution >= 4 is 68.4 Å². The van der Waals surface area contributed by atoms with Crippen molar-refractivity contribution in [1.82, 2.24) is 10.6 Å². The van der Waals surface area contributed by atoms with E-state index in [-0.39, 0.29) is 21.0 Å². The van der Waals surface area contributed by atoms with E-state index in [9.17, 15) is 9.59 Å². The van der Waals surface area contributed by atoms with E-state index in [0.717, 1.165) is 0 Å². The fourth-order valence-electron chi connectivity index (χ4n) is 2.26. The molecule has 2 atom stereocenters. The first-order chi connectivity index (χ1) is 13.0. The Labute approximate surface area is 179 Å². The fraction of sp³-hybridized carbons (Fsp3) is 0.222. The smallest absolute Gasteiger partial charge is 0.251 e. The van der Waals surface area contributed by atoms with Crippen LogP contribution in [0.15, 0.2) is 48.5 Å². The van der Waals surface area contributed by atoms with Crippen molar-refractivity contribution in [2.75, 3.05) is 13.1 Å². The Kier molecular flexibility index (Phi) is 7.66. The molecule has 0 aliphatic carbocycles. The average Bonchev–Trinajstić information content (AvgIpc) is 3.13. The summed E-state index contributed by atoms with van der Waals surface area (Å²) in [6.45, 7) is 1.12. The first-order valence-corrected chi connectivity index (χ1v) is 12.0. The number of hydrogen-bond acceptors (Lipinski definition) is 5. The molecule has 1 fully saturated rings. The lowest BCUT2D eigenvalue weighted by Crippen LogP contribution is -2.30. The molecule has 0 saturated carbocycles. The molecule has 2 aromatic rings. The van der Waals surface area contributed by atoms with E-state index < -0.39 is 0 Å². The number of benzene rings is 2. The van der Waals surface area contributed by atoms with E-state index in [0.29, 0.717) is 34.3 Å². The van der Waals surface area contributed by atoms with E-state index in [1.807, 2.05) is 0 Å². The van der Waals surface area contributed by atoms with Gasteiger partial charge in [0.1, 0.15) is 0 Å². The minimum atomic E-state index is -0.114. The molecule has 4 nitrogen and oxygen atoms in total. The van der Waals surface area contributed by atoms with Gasteiger partial charge in [-0.15, -0.1) is 11.8 Å². The second-order valence-corrected chi connectivity index (χ2v) is 11.2. The molecule has 2 N–H and O–H groups in total. The highest BCUT2D eigenvalue weighted by Gasteiger charge is 2.27. The van der Waals surface area contributed by atoms with E-state index in [2.05, 4.69) is 10.6 Å². The lowest BCUT2D eigenvalue weighted by atomic mass is 10.2. The Morgan fingerprint density at radius 3 is 1.48 bits per heavy atom. The summed E-state index contributed by atoms with van der Waals surface area (Å²) >= 11 is 13.4. The highest BCUT2D eigenvalue weighted by atomic mass is 35.5. The lowest BCUT2D eigenvalue weighted by molar-refractivity contribution is 0.0948. The molecule has 2 amide bonds. The van der Waals surface area contributed by atoms with Gasteiger partial charge in [-0.25, -0.2) is 0 Å². The molecule has 1 aliphatic heterocycles. The third-order valence-corrected chi connectivity index (χ3v) is 9.67. The largest absolute Gasteiger partial charge is 0.350 e. The Balaban J connectivity index is 1.39. The Morgan fingerprint density at radius 2 is 1.11 bits per heavy atom. The van der Waals surface area contributed by atoms with Crippen LogP contribution in [-0.4, -0.2) is 34.1 Å². The fourth-order valence-corrected chi connectivity index (χ4v) is 7.93. The van der Waals surface area contributed by atoms with E-state index in [1.165, 1.54) is 0 Å². The van der Waals surface area contributed by atoms with Gasteiger partial charge in [0.05, 0.1) is 9.16 Å². The highest BCUT2D eigenvalue weighted by molar-refractivity contribution is 8.82. The summed E-state index contributed by atoms with van der Waals surface area (Å²) < 4.78 is 0.479. The van der Waals surface area contributed by atoms with Gasteiger partial charge in [-0.2, -0.15) is 0 Å². The first-order valence-electron chi connectivity index (χ1n) is 8.06. The number of carbonyl (C=O) groups is 2. The summed E-state index contributed by atoms with van der Waals surface area (Å²) in [6, 6.07) is 13.6. The molecule has 2 unspecified atom stereocenters. The van der Waals surface area contributed by atoms with E-state index in [4.69, 9.17) is 23.2 Å². The maximum Gasteiger partial charge on any atom is 0.251 e. The molecule has 0 spiro atoms. The van der Waals surface area contributed by atoms with Gasteiger partial charge in [-0.1, -0.05) is 44.8 Å². The second kappa shape index (κ2) is 9.98. The normalized spacial score (nSPS) is 18.9. The van der Waals surface area contributed by atoms with Gasteiger partial charge >= 0.3 is 0 Å². The monoisotopic (exact) mass is 458 g/mol. The summed E-state index contributed by atoms with van der Waals surface area (Å²) in [4.78, 5) is 24.3. The van der Waals surface area contributed by atoms with Gasteiger partial charge in [-0.05, 0) is 48.5 Å². The summed E-state index contributed by atoms with van der Waals surface area (Å²) in [5.41, 5.74) is 1.18. The maximum atomic E-state index is 12.1. The highest BCUT2D eigenvalue weighted by Crippen LogP contribution is 2.50. The quantitative estimate of drug-likeness (QED) is 0.600. The number of carbonyl (C=O) groups excluding carboxylic acids is 2. The van der Waals surface area contributed by atoms with Crippen LogP contribution in [0.4, 0.5) is 0 Å². The van der Waals surface area contributed by atoms with Crippen LogP contribution in [0.5, 0.6) is 0 Å². The number of hydrogen-bond donors (Lipinski definition) is 2. The zero-order valence-electron chi connectivity index (χ0n) is 14.0. The minimum Gasteiger partial charge on any atom is -0.350 e. The van der Waals surface area contributed by atoms with Crippen LogP contribution in [0.2, 0.25) is 10.0 Å². The Morgan fingerprint density at radius 1 is 0.741 bits per heavy atom. The third kappa shape index (κ3) is 6.26. The first kappa shape index (κ1) is 20.7. The zero-order valence-corrected chi connectivity index (χ0v) is 17.9. The molecule has 0 aromatic heterocycles. The van der Waals surface area contributed by atoms with Gasteiger partial charge in [-0.3, -0.25) is 9.59 Å². The van der Waals surface area contributed by atoms with E-state index >= 15 is 0 Å². The lowest BCUT2D eigenvalue weighted by Gasteiger charge is -2.11. The van der Waals surface area contributed by atoms with Crippen molar-refractivity contribution in [2.45, 2.75) is 9.16 Å². The van der Waals surface area contributed by atoms with Crippen molar-refractivity contribution in [3.05, 3.63) is 69.7 Å². The van der Waals surface area contributed by atoms with Gasteiger partial charge < -0.3 is 10.6 Å². The molecule has 0 radical (unpaired) electrons. The molecule has 27 heavy (non-hydrogen) atoms. The molecule has 3 rings (SSSR count). The maximum absolute atomic E-state index is 12.1. The van der Waals surface area contributed by atoms with Crippen molar-refractivity contribution in [3.8, 4) is 0 Å². The molecule has 1 saturated heterocycles. The van der Waals surface area contributed by atoms with Gasteiger partial charge in [0.25, 0.3) is 11.8 Å². The topological polar surface area (TPSA) is 58.2 Å². The average molecular weight is 459 g/mol. The number of thioether (sulfide) groups is 1. The van der Waals surface area contributed by atoms with Crippen molar-refractivity contribution in [3.63, 3.8) is 0 Å². The summed E-state index contributed by atoms with van der Waals surface area (Å²) in [5, 5.41) is 7.09. The van der Waals surface area contributed by atoms with Crippen LogP contribution >= 0.6 is 56.6 Å². The van der Waals surface area contributed by atoms with Crippen LogP contribution < -0.4 is 10.6 Å². The molecular formula is C18H16Cl2N2O2S3. The molecule has 0 bridgehead atoms. The zero-order chi connectivity index (χ0) is 19.2. The standard InChI is InChI=1S/C18H16Cl2N2O2S3/c19-13-5-1-11(2-6-13)17(23)21-9-15-25-16(27-26-15)10-22-18(24)12-3-7-14(20)8-4-12/h1-8,15-16H,9-10H2,(H,21,23)(H,22,24). The van der Waals surface area contributed by atoms with Gasteiger partial charge in [0.2, 0.25) is 0 Å². The Hall–Kier alpha value is -0.990. The SMILES string of the molecule is O=C(NCC1SSC(CNC(=O)c2ccc(Cl)cc2)S1)c1ccc(Cl)cc1. The predicted octanol–water partition coefficient (Wildman–Crippen LogP) is 4.93. The van der Waals surface area contributed by atoms with E-state index in [1.54, 1.807) is 81.9 Å². The Bertz CT molecular complexity index is 736. The van der Waals surface area contributed by atoms with Gasteiger partial charge in [0.15, 0.2) is 0 Å². The number of rotatable bonds is 6. The van der Waals surface area contributed by atoms with Crippen LogP contribution in [0.25, 0.3) is 0 Å². The molecule has 2 aromatic carbocycles. The third-order valence-electron chi connectivity index (χ3n) is 3.65. The van der Waals surface area contributed by atoms with Crippen molar-refractivity contribution in [1.29, 1.82) is 0 Å².